The maximum absolute atomic E-state index is 6.02. The molecular weight excluding hydrogens is 290 g/mol. The first-order chi connectivity index (χ1) is 10.3. The van der Waals surface area contributed by atoms with Gasteiger partial charge >= 0.3 is 0 Å². The smallest absolute Gasteiger partial charge is 0.231 e. The van der Waals surface area contributed by atoms with E-state index in [1.165, 1.54) is 0 Å². The molecule has 0 fully saturated rings. The molecule has 0 bridgehead atoms. The summed E-state index contributed by atoms with van der Waals surface area (Å²) >= 11 is 6.02. The lowest BCUT2D eigenvalue weighted by atomic mass is 10.1. The minimum absolute atomic E-state index is 0.298. The molecule has 0 saturated carbocycles. The van der Waals surface area contributed by atoms with E-state index < -0.39 is 0 Å². The molecule has 0 aliphatic carbocycles. The second-order valence-corrected chi connectivity index (χ2v) is 5.18. The summed E-state index contributed by atoms with van der Waals surface area (Å²) in [4.78, 5) is 0. The number of nitrogens with one attached hydrogen (secondary N) is 1. The molecule has 0 aromatic heterocycles. The summed E-state index contributed by atoms with van der Waals surface area (Å²) in [5, 5.41) is 4.08. The topological polar surface area (TPSA) is 39.7 Å². The molecule has 0 atom stereocenters. The van der Waals surface area contributed by atoms with Crippen molar-refractivity contribution in [3.05, 3.63) is 52.5 Å². The minimum Gasteiger partial charge on any atom is -0.496 e. The number of benzene rings is 2. The molecule has 0 saturated heterocycles. The van der Waals surface area contributed by atoms with Crippen molar-refractivity contribution in [1.82, 2.24) is 5.32 Å². The highest BCUT2D eigenvalue weighted by Crippen LogP contribution is 2.32. The molecule has 1 heterocycles. The number of halogens is 1. The van der Waals surface area contributed by atoms with Crippen molar-refractivity contribution >= 4 is 11.6 Å². The number of fused-ring (bicyclic) bond motifs is 1. The fourth-order valence-corrected chi connectivity index (χ4v) is 2.47. The fourth-order valence-electron chi connectivity index (χ4n) is 2.28. The van der Waals surface area contributed by atoms with Gasteiger partial charge in [0.2, 0.25) is 6.79 Å². The van der Waals surface area contributed by atoms with Crippen molar-refractivity contribution in [3.8, 4) is 17.2 Å². The Balaban J connectivity index is 1.62. The molecule has 2 aromatic rings. The van der Waals surface area contributed by atoms with Crippen molar-refractivity contribution in [1.29, 1.82) is 0 Å². The average Bonchev–Trinajstić information content (AvgIpc) is 2.95. The van der Waals surface area contributed by atoms with Crippen LogP contribution < -0.4 is 19.5 Å². The first kappa shape index (κ1) is 14.0. The van der Waals surface area contributed by atoms with Crippen LogP contribution in [0.4, 0.5) is 0 Å². The molecule has 0 amide bonds. The van der Waals surface area contributed by atoms with Crippen LogP contribution in [-0.4, -0.2) is 13.9 Å². The summed E-state index contributed by atoms with van der Waals surface area (Å²) in [5.74, 6) is 2.43. The third-order valence-electron chi connectivity index (χ3n) is 3.32. The predicted molar refractivity (Wildman–Crippen MR) is 81.1 cm³/mol. The standard InChI is InChI=1S/C16H16ClNO3/c1-19-14-5-3-13(17)7-12(14)9-18-8-11-2-4-15-16(6-11)21-10-20-15/h2-7,18H,8-10H2,1H3. The predicted octanol–water partition coefficient (Wildman–Crippen LogP) is 3.37. The Kier molecular flexibility index (Phi) is 4.18. The van der Waals surface area contributed by atoms with Crippen LogP contribution in [0.1, 0.15) is 11.1 Å². The molecule has 0 spiro atoms. The maximum atomic E-state index is 6.02. The molecule has 1 N–H and O–H groups in total. The number of rotatable bonds is 5. The van der Waals surface area contributed by atoms with E-state index in [1.807, 2.05) is 36.4 Å². The normalized spacial score (nSPS) is 12.5. The lowest BCUT2D eigenvalue weighted by Gasteiger charge is -2.10. The molecule has 4 nitrogen and oxygen atoms in total. The molecule has 1 aliphatic rings. The molecule has 110 valence electrons. The molecular formula is C16H16ClNO3. The fraction of sp³-hybridized carbons (Fsp3) is 0.250. The van der Waals surface area contributed by atoms with E-state index in [0.29, 0.717) is 18.4 Å². The van der Waals surface area contributed by atoms with Gasteiger partial charge in [0.15, 0.2) is 11.5 Å². The van der Waals surface area contributed by atoms with Gasteiger partial charge in [0.05, 0.1) is 7.11 Å². The van der Waals surface area contributed by atoms with Gasteiger partial charge in [0.25, 0.3) is 0 Å². The summed E-state index contributed by atoms with van der Waals surface area (Å²) in [6.45, 7) is 1.70. The highest BCUT2D eigenvalue weighted by molar-refractivity contribution is 6.30. The monoisotopic (exact) mass is 305 g/mol. The van der Waals surface area contributed by atoms with Gasteiger partial charge in [-0.15, -0.1) is 0 Å². The maximum Gasteiger partial charge on any atom is 0.231 e. The Labute approximate surface area is 128 Å². The molecule has 1 aliphatic heterocycles. The zero-order valence-electron chi connectivity index (χ0n) is 11.7. The Hall–Kier alpha value is -1.91. The summed E-state index contributed by atoms with van der Waals surface area (Å²) in [6.07, 6.45) is 0. The van der Waals surface area contributed by atoms with E-state index in [0.717, 1.165) is 34.9 Å². The second-order valence-electron chi connectivity index (χ2n) is 4.75. The quantitative estimate of drug-likeness (QED) is 0.919. The SMILES string of the molecule is COc1ccc(Cl)cc1CNCc1ccc2c(c1)OCO2. The molecule has 0 unspecified atom stereocenters. The van der Waals surface area contributed by atoms with Crippen molar-refractivity contribution < 1.29 is 14.2 Å². The summed E-state index contributed by atoms with van der Waals surface area (Å²) in [7, 11) is 1.66. The first-order valence-corrected chi connectivity index (χ1v) is 7.06. The van der Waals surface area contributed by atoms with Gasteiger partial charge in [0.1, 0.15) is 5.75 Å². The third-order valence-corrected chi connectivity index (χ3v) is 3.56. The number of hydrogen-bond acceptors (Lipinski definition) is 4. The minimum atomic E-state index is 0.298. The van der Waals surface area contributed by atoms with Crippen LogP contribution in [-0.2, 0) is 13.1 Å². The van der Waals surface area contributed by atoms with Crippen LogP contribution in [0.15, 0.2) is 36.4 Å². The van der Waals surface area contributed by atoms with E-state index in [1.54, 1.807) is 7.11 Å². The molecule has 5 heteroatoms. The van der Waals surface area contributed by atoms with Crippen LogP contribution in [0.2, 0.25) is 5.02 Å². The van der Waals surface area contributed by atoms with Gasteiger partial charge in [-0.3, -0.25) is 0 Å². The van der Waals surface area contributed by atoms with Gasteiger partial charge in [-0.25, -0.2) is 0 Å². The lowest BCUT2D eigenvalue weighted by molar-refractivity contribution is 0.174. The zero-order chi connectivity index (χ0) is 14.7. The Morgan fingerprint density at radius 2 is 1.95 bits per heavy atom. The van der Waals surface area contributed by atoms with Gasteiger partial charge in [-0.2, -0.15) is 0 Å². The largest absolute Gasteiger partial charge is 0.496 e. The van der Waals surface area contributed by atoms with Crippen LogP contribution in [0.25, 0.3) is 0 Å². The highest BCUT2D eigenvalue weighted by Gasteiger charge is 2.13. The van der Waals surface area contributed by atoms with Gasteiger partial charge < -0.3 is 19.5 Å². The van der Waals surface area contributed by atoms with Crippen molar-refractivity contribution in [2.24, 2.45) is 0 Å². The van der Waals surface area contributed by atoms with Crippen LogP contribution in [0, 0.1) is 0 Å². The Morgan fingerprint density at radius 1 is 1.10 bits per heavy atom. The van der Waals surface area contributed by atoms with Crippen LogP contribution in [0.3, 0.4) is 0 Å². The summed E-state index contributed by atoms with van der Waals surface area (Å²) in [5.41, 5.74) is 2.17. The lowest BCUT2D eigenvalue weighted by Crippen LogP contribution is -2.13. The van der Waals surface area contributed by atoms with E-state index in [2.05, 4.69) is 5.32 Å². The molecule has 21 heavy (non-hydrogen) atoms. The number of hydrogen-bond donors (Lipinski definition) is 1. The van der Waals surface area contributed by atoms with Crippen LogP contribution >= 0.6 is 11.6 Å². The van der Waals surface area contributed by atoms with Gasteiger partial charge in [-0.1, -0.05) is 17.7 Å². The summed E-state index contributed by atoms with van der Waals surface area (Å²) in [6, 6.07) is 11.5. The number of methoxy groups -OCH3 is 1. The van der Waals surface area contributed by atoms with E-state index in [-0.39, 0.29) is 0 Å². The molecule has 2 aromatic carbocycles. The highest BCUT2D eigenvalue weighted by atomic mass is 35.5. The molecule has 3 rings (SSSR count). The Bertz CT molecular complexity index is 645. The van der Waals surface area contributed by atoms with Crippen molar-refractivity contribution in [3.63, 3.8) is 0 Å². The van der Waals surface area contributed by atoms with E-state index in [9.17, 15) is 0 Å². The van der Waals surface area contributed by atoms with Gasteiger partial charge in [-0.05, 0) is 35.9 Å². The van der Waals surface area contributed by atoms with Crippen molar-refractivity contribution in [2.75, 3.05) is 13.9 Å². The van der Waals surface area contributed by atoms with Crippen LogP contribution in [0.5, 0.6) is 17.2 Å². The molecule has 0 radical (unpaired) electrons. The van der Waals surface area contributed by atoms with Crippen molar-refractivity contribution in [2.45, 2.75) is 13.1 Å². The van der Waals surface area contributed by atoms with E-state index >= 15 is 0 Å². The van der Waals surface area contributed by atoms with Gasteiger partial charge in [0, 0.05) is 23.7 Å². The number of ether oxygens (including phenoxy) is 3. The Morgan fingerprint density at radius 3 is 2.81 bits per heavy atom. The summed E-state index contributed by atoms with van der Waals surface area (Å²) < 4.78 is 16.0. The van der Waals surface area contributed by atoms with E-state index in [4.69, 9.17) is 25.8 Å². The average molecular weight is 306 g/mol. The zero-order valence-corrected chi connectivity index (χ0v) is 12.4. The second kappa shape index (κ2) is 6.24. The first-order valence-electron chi connectivity index (χ1n) is 6.68. The third kappa shape index (κ3) is 3.23.